The largest absolute Gasteiger partial charge is 0.462 e. The van der Waals surface area contributed by atoms with Crippen molar-refractivity contribution in [1.82, 2.24) is 9.80 Å². The first-order valence-corrected chi connectivity index (χ1v) is 14.2. The number of likely N-dealkylation sites (tertiary alicyclic amines) is 1. The molecule has 2 heterocycles. The number of anilines is 1. The van der Waals surface area contributed by atoms with Gasteiger partial charge in [0, 0.05) is 18.8 Å². The van der Waals surface area contributed by atoms with Gasteiger partial charge in [-0.2, -0.15) is 0 Å². The molecule has 1 aromatic rings. The fraction of sp³-hybridized carbons (Fsp3) is 0.600. The van der Waals surface area contributed by atoms with Crippen molar-refractivity contribution in [2.75, 3.05) is 31.6 Å². The number of hydrogen-bond donors (Lipinski definition) is 1. The number of carbonyl (C=O) groups is 4. The van der Waals surface area contributed by atoms with Gasteiger partial charge >= 0.3 is 12.1 Å². The maximum atomic E-state index is 13.6. The number of nitrogens with zero attached hydrogens (tertiary/aromatic N) is 2. The van der Waals surface area contributed by atoms with E-state index < -0.39 is 29.9 Å². The number of esters is 1. The summed E-state index contributed by atoms with van der Waals surface area (Å²) >= 11 is 0. The molecule has 40 heavy (non-hydrogen) atoms. The maximum Gasteiger partial charge on any atom is 0.410 e. The molecule has 3 amide bonds. The molecule has 0 saturated carbocycles. The zero-order valence-electron chi connectivity index (χ0n) is 23.9. The molecule has 1 N–H and O–H groups in total. The lowest BCUT2D eigenvalue weighted by Gasteiger charge is -2.40. The molecule has 3 atom stereocenters. The molecule has 2 saturated heterocycles. The summed E-state index contributed by atoms with van der Waals surface area (Å²) in [6.45, 7) is 8.60. The summed E-state index contributed by atoms with van der Waals surface area (Å²) in [6.07, 6.45) is 5.53. The predicted octanol–water partition coefficient (Wildman–Crippen LogP) is 4.30. The first-order valence-electron chi connectivity index (χ1n) is 14.2. The topological polar surface area (TPSA) is 114 Å². The molecule has 2 fully saturated rings. The van der Waals surface area contributed by atoms with Crippen molar-refractivity contribution in [2.24, 2.45) is 0 Å². The van der Waals surface area contributed by atoms with Gasteiger partial charge in [0.05, 0.1) is 37.3 Å². The summed E-state index contributed by atoms with van der Waals surface area (Å²) in [4.78, 5) is 54.6. The van der Waals surface area contributed by atoms with Gasteiger partial charge in [-0.3, -0.25) is 9.59 Å². The van der Waals surface area contributed by atoms with Crippen molar-refractivity contribution >= 4 is 29.6 Å². The summed E-state index contributed by atoms with van der Waals surface area (Å²) in [7, 11) is 0. The Morgan fingerprint density at radius 3 is 2.50 bits per heavy atom. The van der Waals surface area contributed by atoms with E-state index in [1.807, 2.05) is 20.8 Å². The lowest BCUT2D eigenvalue weighted by atomic mass is 9.96. The van der Waals surface area contributed by atoms with Crippen molar-refractivity contribution in [1.29, 1.82) is 0 Å². The number of carbonyl (C=O) groups excluding carboxylic acids is 4. The number of ether oxygens (including phenoxy) is 3. The highest BCUT2D eigenvalue weighted by Crippen LogP contribution is 2.30. The Hall–Kier alpha value is -3.40. The highest BCUT2D eigenvalue weighted by molar-refractivity contribution is 5.96. The minimum absolute atomic E-state index is 0.159. The van der Waals surface area contributed by atoms with Crippen molar-refractivity contribution in [2.45, 2.75) is 90.1 Å². The minimum atomic E-state index is -0.959. The van der Waals surface area contributed by atoms with Crippen LogP contribution in [0.2, 0.25) is 0 Å². The number of benzene rings is 1. The van der Waals surface area contributed by atoms with Crippen LogP contribution in [0.5, 0.6) is 0 Å². The third kappa shape index (κ3) is 7.62. The number of amides is 3. The summed E-state index contributed by atoms with van der Waals surface area (Å²) in [6, 6.07) is 6.09. The van der Waals surface area contributed by atoms with Crippen LogP contribution in [0.4, 0.5) is 10.5 Å². The van der Waals surface area contributed by atoms with Gasteiger partial charge in [0.15, 0.2) is 0 Å². The third-order valence-electron chi connectivity index (χ3n) is 7.30. The van der Waals surface area contributed by atoms with E-state index in [-0.39, 0.29) is 30.9 Å². The second-order valence-corrected chi connectivity index (χ2v) is 11.6. The van der Waals surface area contributed by atoms with Crippen LogP contribution in [0, 0.1) is 0 Å². The van der Waals surface area contributed by atoms with Crippen LogP contribution >= 0.6 is 0 Å². The molecular weight excluding hydrogens is 514 g/mol. The van der Waals surface area contributed by atoms with Gasteiger partial charge < -0.3 is 29.3 Å². The molecule has 0 spiro atoms. The Morgan fingerprint density at radius 2 is 1.85 bits per heavy atom. The average Bonchev–Trinajstić information content (AvgIpc) is 3.33. The van der Waals surface area contributed by atoms with Crippen molar-refractivity contribution in [3.8, 4) is 0 Å². The second-order valence-electron chi connectivity index (χ2n) is 11.6. The van der Waals surface area contributed by atoms with Gasteiger partial charge in [-0.1, -0.05) is 11.6 Å². The number of nitrogens with one attached hydrogen (secondary N) is 1. The number of allylic oxidation sites excluding steroid dienone is 1. The van der Waals surface area contributed by atoms with E-state index >= 15 is 0 Å². The fourth-order valence-corrected chi connectivity index (χ4v) is 5.37. The molecule has 10 nitrogen and oxygen atoms in total. The summed E-state index contributed by atoms with van der Waals surface area (Å²) in [5.41, 5.74) is 1.60. The van der Waals surface area contributed by atoms with Gasteiger partial charge in [-0.05, 0) is 84.1 Å². The molecule has 10 heteroatoms. The van der Waals surface area contributed by atoms with E-state index in [0.717, 1.165) is 25.7 Å². The molecular formula is C30H41N3O7. The molecule has 1 aliphatic carbocycles. The molecule has 3 unspecified atom stereocenters. The van der Waals surface area contributed by atoms with E-state index in [4.69, 9.17) is 14.2 Å². The zero-order chi connectivity index (χ0) is 28.9. The summed E-state index contributed by atoms with van der Waals surface area (Å²) in [5, 5.41) is 2.78. The molecule has 0 radical (unpaired) electrons. The van der Waals surface area contributed by atoms with Crippen molar-refractivity contribution in [3.05, 3.63) is 41.5 Å². The molecule has 3 aliphatic rings. The Labute approximate surface area is 236 Å². The first kappa shape index (κ1) is 29.6. The van der Waals surface area contributed by atoms with E-state index in [1.54, 1.807) is 41.0 Å². The summed E-state index contributed by atoms with van der Waals surface area (Å²) in [5.74, 6) is -1.05. The second kappa shape index (κ2) is 12.8. The number of hydrogen-bond acceptors (Lipinski definition) is 7. The maximum absolute atomic E-state index is 13.6. The molecule has 0 bridgehead atoms. The van der Waals surface area contributed by atoms with E-state index in [1.165, 1.54) is 12.0 Å². The van der Waals surface area contributed by atoms with Gasteiger partial charge in [0.1, 0.15) is 11.7 Å². The monoisotopic (exact) mass is 555 g/mol. The number of rotatable bonds is 8. The lowest BCUT2D eigenvalue weighted by Crippen LogP contribution is -2.58. The van der Waals surface area contributed by atoms with Gasteiger partial charge in [-0.15, -0.1) is 0 Å². The molecule has 0 aromatic heterocycles. The van der Waals surface area contributed by atoms with Crippen LogP contribution in [0.15, 0.2) is 35.9 Å². The SMILES string of the molecule is CCOC(=O)c1ccc(NC(=O)CC2OC3CN(C(=O)OC(C)(C)C)CC3N(CCC3=CCCCC3)C2=O)cc1. The van der Waals surface area contributed by atoms with Crippen molar-refractivity contribution < 1.29 is 33.4 Å². The number of morpholine rings is 1. The van der Waals surface area contributed by atoms with Crippen LogP contribution in [-0.4, -0.2) is 83.8 Å². The van der Waals surface area contributed by atoms with Crippen molar-refractivity contribution in [3.63, 3.8) is 0 Å². The van der Waals surface area contributed by atoms with Gasteiger partial charge in [-0.25, -0.2) is 9.59 Å². The molecule has 2 aliphatic heterocycles. The van der Waals surface area contributed by atoms with E-state index in [0.29, 0.717) is 30.9 Å². The van der Waals surface area contributed by atoms with E-state index in [2.05, 4.69) is 11.4 Å². The molecule has 218 valence electrons. The van der Waals surface area contributed by atoms with Crippen LogP contribution in [0.3, 0.4) is 0 Å². The quantitative estimate of drug-likeness (QED) is 0.376. The zero-order valence-corrected chi connectivity index (χ0v) is 23.9. The standard InChI is InChI=1S/C30H41N3O7/c1-5-38-28(36)21-11-13-22(14-12-21)31-26(34)17-24-27(35)33(16-15-20-9-7-6-8-10-20)23-18-32(19-25(23)39-24)29(37)40-30(2,3)4/h9,11-14,23-25H,5-8,10,15-19H2,1-4H3,(H,31,34). The molecule has 1 aromatic carbocycles. The van der Waals surface area contributed by atoms with Crippen LogP contribution < -0.4 is 5.32 Å². The van der Waals surface area contributed by atoms with Gasteiger partial charge in [0.25, 0.3) is 5.91 Å². The normalized spacial score (nSPS) is 22.9. The lowest BCUT2D eigenvalue weighted by molar-refractivity contribution is -0.168. The molecule has 4 rings (SSSR count). The highest BCUT2D eigenvalue weighted by atomic mass is 16.6. The Kier molecular flexibility index (Phi) is 9.50. The summed E-state index contributed by atoms with van der Waals surface area (Å²) < 4.78 is 16.7. The average molecular weight is 556 g/mol. The van der Waals surface area contributed by atoms with Gasteiger partial charge in [0.2, 0.25) is 5.91 Å². The predicted molar refractivity (Wildman–Crippen MR) is 149 cm³/mol. The van der Waals surface area contributed by atoms with Crippen LogP contribution in [-0.2, 0) is 23.8 Å². The Bertz CT molecular complexity index is 1130. The van der Waals surface area contributed by atoms with Crippen LogP contribution in [0.25, 0.3) is 0 Å². The first-order chi connectivity index (χ1) is 19.0. The highest BCUT2D eigenvalue weighted by Gasteiger charge is 2.49. The Morgan fingerprint density at radius 1 is 1.10 bits per heavy atom. The number of fused-ring (bicyclic) bond motifs is 1. The fourth-order valence-electron chi connectivity index (χ4n) is 5.37. The smallest absolute Gasteiger partial charge is 0.410 e. The minimum Gasteiger partial charge on any atom is -0.462 e. The van der Waals surface area contributed by atoms with Crippen LogP contribution in [0.1, 0.15) is 76.6 Å². The third-order valence-corrected chi connectivity index (χ3v) is 7.30. The van der Waals surface area contributed by atoms with E-state index in [9.17, 15) is 19.2 Å². The Balaban J connectivity index is 1.43.